The Balaban J connectivity index is 1.55. The molecule has 0 bridgehead atoms. The predicted octanol–water partition coefficient (Wildman–Crippen LogP) is 2.72. The van der Waals surface area contributed by atoms with Crippen molar-refractivity contribution in [2.75, 3.05) is 44.0 Å². The van der Waals surface area contributed by atoms with Gasteiger partial charge in [-0.15, -0.1) is 0 Å². The smallest absolute Gasteiger partial charge is 0.338 e. The molecule has 9 heteroatoms. The van der Waals surface area contributed by atoms with Crippen molar-refractivity contribution >= 4 is 33.3 Å². The largest absolute Gasteiger partial charge is 0.452 e. The van der Waals surface area contributed by atoms with Crippen molar-refractivity contribution in [3.05, 3.63) is 54.1 Å². The van der Waals surface area contributed by atoms with E-state index in [2.05, 4.69) is 5.32 Å². The topological polar surface area (TPSA) is 96.0 Å². The monoisotopic (exact) mass is 445 g/mol. The van der Waals surface area contributed by atoms with Crippen LogP contribution in [0.25, 0.3) is 0 Å². The molecule has 0 radical (unpaired) electrons. The van der Waals surface area contributed by atoms with Gasteiger partial charge in [0.2, 0.25) is 10.0 Å². The van der Waals surface area contributed by atoms with Gasteiger partial charge in [-0.3, -0.25) is 4.79 Å². The van der Waals surface area contributed by atoms with Crippen LogP contribution in [0.1, 0.15) is 29.6 Å². The van der Waals surface area contributed by atoms with E-state index in [-0.39, 0.29) is 4.90 Å². The fraction of sp³-hybridized carbons (Fsp3) is 0.364. The van der Waals surface area contributed by atoms with Crippen molar-refractivity contribution in [1.82, 2.24) is 4.31 Å². The average molecular weight is 446 g/mol. The summed E-state index contributed by atoms with van der Waals surface area (Å²) >= 11 is 0. The van der Waals surface area contributed by atoms with Crippen LogP contribution >= 0.6 is 0 Å². The highest BCUT2D eigenvalue weighted by Crippen LogP contribution is 2.22. The molecule has 1 heterocycles. The van der Waals surface area contributed by atoms with Crippen LogP contribution in [0.3, 0.4) is 0 Å². The van der Waals surface area contributed by atoms with E-state index in [1.54, 1.807) is 18.2 Å². The molecule has 0 aliphatic carbocycles. The Labute approximate surface area is 182 Å². The first-order chi connectivity index (χ1) is 14.8. The first kappa shape index (κ1) is 22.8. The second-order valence-corrected chi connectivity index (χ2v) is 9.50. The van der Waals surface area contributed by atoms with Gasteiger partial charge >= 0.3 is 5.97 Å². The fourth-order valence-electron chi connectivity index (χ4n) is 3.29. The van der Waals surface area contributed by atoms with Crippen molar-refractivity contribution in [2.24, 2.45) is 0 Å². The zero-order valence-corrected chi connectivity index (χ0v) is 18.5. The molecule has 1 fully saturated rings. The number of hydrogen-bond acceptors (Lipinski definition) is 6. The lowest BCUT2D eigenvalue weighted by atomic mass is 10.2. The number of sulfonamides is 1. The van der Waals surface area contributed by atoms with Gasteiger partial charge in [-0.05, 0) is 55.3 Å². The van der Waals surface area contributed by atoms with Crippen molar-refractivity contribution < 1.29 is 22.7 Å². The number of amides is 1. The standard InChI is InChI=1S/C22H27N3O5S/c1-24(2)19-8-6-7-17(15-19)22(27)30-16-21(26)23-18-9-11-20(12-10-18)31(28,29)25-13-4-3-5-14-25/h6-12,15H,3-5,13-14,16H2,1-2H3,(H,23,26). The van der Waals surface area contributed by atoms with Gasteiger partial charge in [0.25, 0.3) is 5.91 Å². The number of piperidine rings is 1. The highest BCUT2D eigenvalue weighted by molar-refractivity contribution is 7.89. The minimum absolute atomic E-state index is 0.194. The number of hydrogen-bond donors (Lipinski definition) is 1. The summed E-state index contributed by atoms with van der Waals surface area (Å²) < 4.78 is 31.9. The zero-order valence-electron chi connectivity index (χ0n) is 17.7. The minimum atomic E-state index is -3.52. The van der Waals surface area contributed by atoms with Crippen molar-refractivity contribution in [3.8, 4) is 0 Å². The summed E-state index contributed by atoms with van der Waals surface area (Å²) in [4.78, 5) is 26.4. The Hall–Kier alpha value is -2.91. The maximum atomic E-state index is 12.7. The summed E-state index contributed by atoms with van der Waals surface area (Å²) in [5.41, 5.74) is 1.62. The Kier molecular flexibility index (Phi) is 7.29. The van der Waals surface area contributed by atoms with E-state index in [1.807, 2.05) is 25.1 Å². The van der Waals surface area contributed by atoms with Crippen molar-refractivity contribution in [1.29, 1.82) is 0 Å². The van der Waals surface area contributed by atoms with Gasteiger partial charge in [0.1, 0.15) is 0 Å². The highest BCUT2D eigenvalue weighted by atomic mass is 32.2. The van der Waals surface area contributed by atoms with Crippen LogP contribution < -0.4 is 10.2 Å². The van der Waals surface area contributed by atoms with E-state index < -0.39 is 28.5 Å². The van der Waals surface area contributed by atoms with Crippen LogP contribution in [0.2, 0.25) is 0 Å². The molecule has 1 amide bonds. The molecule has 1 N–H and O–H groups in total. The Morgan fingerprint density at radius 1 is 1.03 bits per heavy atom. The predicted molar refractivity (Wildman–Crippen MR) is 119 cm³/mol. The molecule has 3 rings (SSSR count). The van der Waals surface area contributed by atoms with Crippen LogP contribution in [-0.4, -0.2) is 58.4 Å². The number of carbonyl (C=O) groups is 2. The fourth-order valence-corrected chi connectivity index (χ4v) is 4.80. The highest BCUT2D eigenvalue weighted by Gasteiger charge is 2.25. The first-order valence-corrected chi connectivity index (χ1v) is 11.6. The van der Waals surface area contributed by atoms with Crippen LogP contribution in [-0.2, 0) is 19.6 Å². The molecule has 1 aliphatic rings. The normalized spacial score (nSPS) is 14.6. The Bertz CT molecular complexity index is 1030. The molecule has 2 aromatic rings. The number of anilines is 2. The summed E-state index contributed by atoms with van der Waals surface area (Å²) in [5, 5.41) is 2.60. The van der Waals surface area contributed by atoms with Crippen LogP contribution in [0.15, 0.2) is 53.4 Å². The van der Waals surface area contributed by atoms with E-state index in [9.17, 15) is 18.0 Å². The van der Waals surface area contributed by atoms with Crippen molar-refractivity contribution in [3.63, 3.8) is 0 Å². The second-order valence-electron chi connectivity index (χ2n) is 7.56. The Morgan fingerprint density at radius 2 is 1.71 bits per heavy atom. The third-order valence-corrected chi connectivity index (χ3v) is 6.94. The van der Waals surface area contributed by atoms with E-state index in [1.165, 1.54) is 28.6 Å². The third kappa shape index (κ3) is 5.83. The molecule has 1 saturated heterocycles. The maximum Gasteiger partial charge on any atom is 0.338 e. The minimum Gasteiger partial charge on any atom is -0.452 e. The number of carbonyl (C=O) groups excluding carboxylic acids is 2. The summed E-state index contributed by atoms with van der Waals surface area (Å²) in [6.45, 7) is 0.617. The van der Waals surface area contributed by atoms with Crippen molar-refractivity contribution in [2.45, 2.75) is 24.2 Å². The molecule has 0 spiro atoms. The molecule has 31 heavy (non-hydrogen) atoms. The number of esters is 1. The molecule has 0 unspecified atom stereocenters. The summed E-state index contributed by atoms with van der Waals surface area (Å²) in [7, 11) is 0.203. The Morgan fingerprint density at radius 3 is 2.35 bits per heavy atom. The van der Waals surface area contributed by atoms with Crippen LogP contribution in [0.5, 0.6) is 0 Å². The van der Waals surface area contributed by atoms with E-state index in [0.29, 0.717) is 24.3 Å². The average Bonchev–Trinajstić information content (AvgIpc) is 2.78. The summed E-state index contributed by atoms with van der Waals surface area (Å²) in [6, 6.07) is 12.9. The quantitative estimate of drug-likeness (QED) is 0.659. The molecule has 8 nitrogen and oxygen atoms in total. The molecule has 1 aliphatic heterocycles. The number of benzene rings is 2. The van der Waals surface area contributed by atoms with E-state index in [0.717, 1.165) is 24.9 Å². The molecule has 0 aromatic heterocycles. The van der Waals surface area contributed by atoms with E-state index in [4.69, 9.17) is 4.74 Å². The van der Waals surface area contributed by atoms with Gasteiger partial charge in [0, 0.05) is 38.6 Å². The third-order valence-electron chi connectivity index (χ3n) is 5.02. The lowest BCUT2D eigenvalue weighted by molar-refractivity contribution is -0.119. The van der Waals surface area contributed by atoms with Gasteiger partial charge < -0.3 is 15.0 Å². The van der Waals surface area contributed by atoms with Crippen LogP contribution in [0, 0.1) is 0 Å². The van der Waals surface area contributed by atoms with Gasteiger partial charge in [-0.1, -0.05) is 12.5 Å². The molecule has 0 saturated carbocycles. The summed E-state index contributed by atoms with van der Waals surface area (Å²) in [6.07, 6.45) is 2.78. The lowest BCUT2D eigenvalue weighted by Gasteiger charge is -2.25. The van der Waals surface area contributed by atoms with Crippen LogP contribution in [0.4, 0.5) is 11.4 Å². The maximum absolute atomic E-state index is 12.7. The van der Waals surface area contributed by atoms with Gasteiger partial charge in [-0.2, -0.15) is 4.31 Å². The molecule has 0 atom stereocenters. The number of ether oxygens (including phenoxy) is 1. The van der Waals surface area contributed by atoms with Gasteiger partial charge in [0.05, 0.1) is 10.5 Å². The molecule has 166 valence electrons. The SMILES string of the molecule is CN(C)c1cccc(C(=O)OCC(=O)Nc2ccc(S(=O)(=O)N3CCCCC3)cc2)c1. The number of rotatable bonds is 7. The zero-order chi connectivity index (χ0) is 22.4. The molecular formula is C22H27N3O5S. The first-order valence-electron chi connectivity index (χ1n) is 10.1. The summed E-state index contributed by atoms with van der Waals surface area (Å²) in [5.74, 6) is -1.11. The molecular weight excluding hydrogens is 418 g/mol. The lowest BCUT2D eigenvalue weighted by Crippen LogP contribution is -2.35. The van der Waals surface area contributed by atoms with Gasteiger partial charge in [0.15, 0.2) is 6.61 Å². The number of nitrogens with one attached hydrogen (secondary N) is 1. The molecule has 2 aromatic carbocycles. The number of nitrogens with zero attached hydrogens (tertiary/aromatic N) is 2. The second kappa shape index (κ2) is 9.93. The van der Waals surface area contributed by atoms with Gasteiger partial charge in [-0.25, -0.2) is 13.2 Å². The van der Waals surface area contributed by atoms with E-state index >= 15 is 0 Å².